The van der Waals surface area contributed by atoms with E-state index in [9.17, 15) is 4.79 Å². The van der Waals surface area contributed by atoms with Gasteiger partial charge in [0, 0.05) is 19.4 Å². The Morgan fingerprint density at radius 1 is 1.44 bits per heavy atom. The average Bonchev–Trinajstić information content (AvgIpc) is 2.64. The predicted octanol–water partition coefficient (Wildman–Crippen LogP) is 1.38. The molecule has 2 rings (SSSR count). The molecule has 0 spiro atoms. The van der Waals surface area contributed by atoms with Crippen LogP contribution in [0.5, 0.6) is 0 Å². The average molecular weight is 216 g/mol. The first kappa shape index (κ1) is 10.4. The molecular weight excluding hydrogens is 204 g/mol. The van der Waals surface area contributed by atoms with Gasteiger partial charge < -0.3 is 5.32 Å². The minimum absolute atomic E-state index is 0.188. The lowest BCUT2D eigenvalue weighted by molar-refractivity contribution is 0.101. The molecule has 0 radical (unpaired) electrons. The van der Waals surface area contributed by atoms with E-state index < -0.39 is 0 Å². The number of hydrogen-bond donors (Lipinski definition) is 1. The van der Waals surface area contributed by atoms with Gasteiger partial charge in [-0.3, -0.25) is 14.5 Å². The smallest absolute Gasteiger partial charge is 0.273 e. The molecule has 0 aliphatic rings. The molecular formula is C11H12N4O. The minimum atomic E-state index is -0.188. The molecule has 0 saturated carbocycles. The number of nitrogens with zero attached hydrogens (tertiary/aromatic N) is 3. The molecule has 16 heavy (non-hydrogen) atoms. The zero-order valence-electron chi connectivity index (χ0n) is 9.14. The van der Waals surface area contributed by atoms with Gasteiger partial charge in [0.05, 0.1) is 11.9 Å². The number of carbonyl (C=O) groups excluding carboxylic acids is 1. The fourth-order valence-electron chi connectivity index (χ4n) is 1.42. The highest BCUT2D eigenvalue weighted by atomic mass is 16.2. The predicted molar refractivity (Wildman–Crippen MR) is 60.1 cm³/mol. The van der Waals surface area contributed by atoms with Gasteiger partial charge in [-0.25, -0.2) is 0 Å². The number of anilines is 1. The van der Waals surface area contributed by atoms with Crippen molar-refractivity contribution in [3.05, 3.63) is 42.0 Å². The number of aromatic nitrogens is 3. The van der Waals surface area contributed by atoms with Gasteiger partial charge in [0.1, 0.15) is 5.69 Å². The molecule has 0 saturated heterocycles. The molecule has 2 aromatic heterocycles. The largest absolute Gasteiger partial charge is 0.319 e. The van der Waals surface area contributed by atoms with Crippen LogP contribution in [0.3, 0.4) is 0 Å². The summed E-state index contributed by atoms with van der Waals surface area (Å²) >= 11 is 0. The summed E-state index contributed by atoms with van der Waals surface area (Å²) in [6, 6.07) is 3.53. The van der Waals surface area contributed by atoms with Crippen molar-refractivity contribution in [2.24, 2.45) is 7.05 Å². The maximum atomic E-state index is 11.8. The van der Waals surface area contributed by atoms with E-state index in [2.05, 4.69) is 15.4 Å². The van der Waals surface area contributed by atoms with Gasteiger partial charge in [-0.15, -0.1) is 0 Å². The monoisotopic (exact) mass is 216 g/mol. The van der Waals surface area contributed by atoms with Crippen molar-refractivity contribution in [3.63, 3.8) is 0 Å². The summed E-state index contributed by atoms with van der Waals surface area (Å²) in [7, 11) is 1.73. The quantitative estimate of drug-likeness (QED) is 0.824. The maximum absolute atomic E-state index is 11.8. The molecule has 0 atom stereocenters. The van der Waals surface area contributed by atoms with Crippen molar-refractivity contribution in [2.45, 2.75) is 6.92 Å². The highest BCUT2D eigenvalue weighted by Crippen LogP contribution is 2.09. The van der Waals surface area contributed by atoms with Crippen LogP contribution in [-0.4, -0.2) is 20.7 Å². The Morgan fingerprint density at radius 3 is 2.88 bits per heavy atom. The number of aryl methyl sites for hydroxylation is 2. The van der Waals surface area contributed by atoms with Crippen molar-refractivity contribution < 1.29 is 4.79 Å². The van der Waals surface area contributed by atoms with Crippen LogP contribution < -0.4 is 5.32 Å². The van der Waals surface area contributed by atoms with Crippen molar-refractivity contribution in [1.29, 1.82) is 0 Å². The standard InChI is InChI=1S/C11H12N4O/c1-8-5-9(7-12-6-8)14-11(16)10-3-4-13-15(10)2/h3-7H,1-2H3,(H,14,16). The normalized spacial score (nSPS) is 10.1. The second kappa shape index (κ2) is 4.14. The third-order valence-electron chi connectivity index (χ3n) is 2.19. The Hall–Kier alpha value is -2.17. The molecule has 0 unspecified atom stereocenters. The highest BCUT2D eigenvalue weighted by Gasteiger charge is 2.09. The van der Waals surface area contributed by atoms with Crippen molar-refractivity contribution >= 4 is 11.6 Å². The van der Waals surface area contributed by atoms with Crippen LogP contribution in [0, 0.1) is 6.92 Å². The molecule has 0 aromatic carbocycles. The molecule has 0 bridgehead atoms. The fourth-order valence-corrected chi connectivity index (χ4v) is 1.42. The number of pyridine rings is 1. The molecule has 5 heteroatoms. The lowest BCUT2D eigenvalue weighted by atomic mass is 10.3. The van der Waals surface area contributed by atoms with Crippen LogP contribution in [0.1, 0.15) is 16.1 Å². The molecule has 82 valence electrons. The number of hydrogen-bond acceptors (Lipinski definition) is 3. The highest BCUT2D eigenvalue weighted by molar-refractivity contribution is 6.02. The molecule has 2 heterocycles. The Labute approximate surface area is 93.1 Å². The Balaban J connectivity index is 2.17. The molecule has 5 nitrogen and oxygen atoms in total. The molecule has 0 fully saturated rings. The van der Waals surface area contributed by atoms with Crippen LogP contribution in [0.2, 0.25) is 0 Å². The van der Waals surface area contributed by atoms with Gasteiger partial charge in [-0.2, -0.15) is 5.10 Å². The van der Waals surface area contributed by atoms with Crippen molar-refractivity contribution in [2.75, 3.05) is 5.32 Å². The van der Waals surface area contributed by atoms with E-state index in [1.165, 1.54) is 4.68 Å². The summed E-state index contributed by atoms with van der Waals surface area (Å²) < 4.78 is 1.53. The number of rotatable bonds is 2. The SMILES string of the molecule is Cc1cncc(NC(=O)c2ccnn2C)c1. The summed E-state index contributed by atoms with van der Waals surface area (Å²) in [6.07, 6.45) is 4.93. The lowest BCUT2D eigenvalue weighted by Gasteiger charge is -2.05. The number of carbonyl (C=O) groups is 1. The van der Waals surface area contributed by atoms with E-state index in [1.54, 1.807) is 31.7 Å². The third-order valence-corrected chi connectivity index (χ3v) is 2.19. The zero-order valence-corrected chi connectivity index (χ0v) is 9.14. The van der Waals surface area contributed by atoms with E-state index in [1.807, 2.05) is 13.0 Å². The zero-order chi connectivity index (χ0) is 11.5. The topological polar surface area (TPSA) is 59.8 Å². The summed E-state index contributed by atoms with van der Waals surface area (Å²) in [5.41, 5.74) is 2.20. The summed E-state index contributed by atoms with van der Waals surface area (Å²) in [5.74, 6) is -0.188. The molecule has 2 aromatic rings. The number of nitrogens with one attached hydrogen (secondary N) is 1. The third kappa shape index (κ3) is 2.08. The molecule has 1 N–H and O–H groups in total. The van der Waals surface area contributed by atoms with Gasteiger partial charge in [0.2, 0.25) is 0 Å². The maximum Gasteiger partial charge on any atom is 0.273 e. The second-order valence-corrected chi connectivity index (χ2v) is 3.55. The van der Waals surface area contributed by atoms with Crippen LogP contribution in [0.4, 0.5) is 5.69 Å². The molecule has 0 aliphatic heterocycles. The van der Waals surface area contributed by atoms with Gasteiger partial charge in [-0.1, -0.05) is 0 Å². The minimum Gasteiger partial charge on any atom is -0.319 e. The fraction of sp³-hybridized carbons (Fsp3) is 0.182. The van der Waals surface area contributed by atoms with Gasteiger partial charge in [0.15, 0.2) is 0 Å². The first-order valence-corrected chi connectivity index (χ1v) is 4.88. The van der Waals surface area contributed by atoms with E-state index in [-0.39, 0.29) is 5.91 Å². The summed E-state index contributed by atoms with van der Waals surface area (Å²) in [5, 5.41) is 6.70. The number of amides is 1. The van der Waals surface area contributed by atoms with Crippen molar-refractivity contribution in [3.8, 4) is 0 Å². The van der Waals surface area contributed by atoms with Crippen molar-refractivity contribution in [1.82, 2.24) is 14.8 Å². The van der Waals surface area contributed by atoms with E-state index >= 15 is 0 Å². The first-order chi connectivity index (χ1) is 7.66. The summed E-state index contributed by atoms with van der Waals surface area (Å²) in [6.45, 7) is 1.92. The van der Waals surface area contributed by atoms with E-state index in [0.717, 1.165) is 5.56 Å². The van der Waals surface area contributed by atoms with Crippen LogP contribution in [0.25, 0.3) is 0 Å². The first-order valence-electron chi connectivity index (χ1n) is 4.88. The molecule has 0 aliphatic carbocycles. The van der Waals surface area contributed by atoms with Gasteiger partial charge in [-0.05, 0) is 24.6 Å². The summed E-state index contributed by atoms with van der Waals surface area (Å²) in [4.78, 5) is 15.8. The van der Waals surface area contributed by atoms with Crippen LogP contribution in [0.15, 0.2) is 30.7 Å². The van der Waals surface area contributed by atoms with Gasteiger partial charge in [0.25, 0.3) is 5.91 Å². The van der Waals surface area contributed by atoms with Crippen LogP contribution >= 0.6 is 0 Å². The van der Waals surface area contributed by atoms with Gasteiger partial charge >= 0.3 is 0 Å². The Bertz CT molecular complexity index is 518. The second-order valence-electron chi connectivity index (χ2n) is 3.55. The van der Waals surface area contributed by atoms with Crippen LogP contribution in [-0.2, 0) is 7.05 Å². The van der Waals surface area contributed by atoms with E-state index in [4.69, 9.17) is 0 Å². The lowest BCUT2D eigenvalue weighted by Crippen LogP contribution is -2.16. The molecule has 1 amide bonds. The van der Waals surface area contributed by atoms with E-state index in [0.29, 0.717) is 11.4 Å². The Morgan fingerprint density at radius 2 is 2.25 bits per heavy atom. The Kier molecular flexibility index (Phi) is 2.68.